The average Bonchev–Trinajstić information content (AvgIpc) is 2.56. The summed E-state index contributed by atoms with van der Waals surface area (Å²) in [5, 5.41) is 13.7. The van der Waals surface area contributed by atoms with Crippen molar-refractivity contribution in [1.82, 2.24) is 0 Å². The summed E-state index contributed by atoms with van der Waals surface area (Å²) in [6.45, 7) is 1.90. The Labute approximate surface area is 139 Å². The van der Waals surface area contributed by atoms with Crippen LogP contribution in [0.5, 0.6) is 5.75 Å². The van der Waals surface area contributed by atoms with Crippen molar-refractivity contribution in [1.29, 1.82) is 0 Å². The molecule has 0 aliphatic carbocycles. The zero-order valence-corrected chi connectivity index (χ0v) is 13.7. The number of benzene rings is 2. The molecule has 7 nitrogen and oxygen atoms in total. The molecule has 0 radical (unpaired) electrons. The van der Waals surface area contributed by atoms with Crippen molar-refractivity contribution in [2.75, 3.05) is 19.5 Å². The Morgan fingerprint density at radius 2 is 2.00 bits per heavy atom. The van der Waals surface area contributed by atoms with Gasteiger partial charge in [-0.15, -0.1) is 0 Å². The molecule has 2 rings (SSSR count). The predicted octanol–water partition coefficient (Wildman–Crippen LogP) is 3.31. The number of carbonyl (C=O) groups is 1. The van der Waals surface area contributed by atoms with Crippen LogP contribution in [0.4, 0.5) is 11.4 Å². The van der Waals surface area contributed by atoms with Gasteiger partial charge in [-0.3, -0.25) is 14.9 Å². The standard InChI is InChI=1S/C17H18N2O5/c1-11-14(5-4-6-15(11)19(21)22)18-17(20)12-7-8-16(24-3)13(9-12)10-23-2/h4-9H,10H2,1-3H3,(H,18,20). The average molecular weight is 330 g/mol. The van der Waals surface area contributed by atoms with E-state index >= 15 is 0 Å². The highest BCUT2D eigenvalue weighted by atomic mass is 16.6. The lowest BCUT2D eigenvalue weighted by Crippen LogP contribution is -2.14. The quantitative estimate of drug-likeness (QED) is 0.648. The van der Waals surface area contributed by atoms with Crippen molar-refractivity contribution in [3.05, 3.63) is 63.2 Å². The smallest absolute Gasteiger partial charge is 0.274 e. The number of hydrogen-bond donors (Lipinski definition) is 1. The monoisotopic (exact) mass is 330 g/mol. The van der Waals surface area contributed by atoms with Gasteiger partial charge < -0.3 is 14.8 Å². The third-order valence-corrected chi connectivity index (χ3v) is 3.59. The molecule has 0 bridgehead atoms. The lowest BCUT2D eigenvalue weighted by molar-refractivity contribution is -0.385. The van der Waals surface area contributed by atoms with Crippen molar-refractivity contribution in [3.63, 3.8) is 0 Å². The fourth-order valence-electron chi connectivity index (χ4n) is 2.34. The van der Waals surface area contributed by atoms with Crippen molar-refractivity contribution in [2.45, 2.75) is 13.5 Å². The number of anilines is 1. The first-order valence-electron chi connectivity index (χ1n) is 7.19. The highest BCUT2D eigenvalue weighted by molar-refractivity contribution is 6.05. The van der Waals surface area contributed by atoms with E-state index in [9.17, 15) is 14.9 Å². The van der Waals surface area contributed by atoms with Gasteiger partial charge in [0, 0.05) is 24.3 Å². The number of nitrogens with one attached hydrogen (secondary N) is 1. The first-order valence-corrected chi connectivity index (χ1v) is 7.19. The van der Waals surface area contributed by atoms with E-state index in [1.807, 2.05) is 0 Å². The Morgan fingerprint density at radius 1 is 1.25 bits per heavy atom. The second-order valence-electron chi connectivity index (χ2n) is 5.12. The van der Waals surface area contributed by atoms with Gasteiger partial charge in [0.05, 0.1) is 29.9 Å². The molecule has 0 aliphatic heterocycles. The lowest BCUT2D eigenvalue weighted by atomic mass is 10.1. The topological polar surface area (TPSA) is 90.7 Å². The minimum Gasteiger partial charge on any atom is -0.496 e. The number of hydrogen-bond acceptors (Lipinski definition) is 5. The summed E-state index contributed by atoms with van der Waals surface area (Å²) in [6, 6.07) is 9.54. The molecule has 0 unspecified atom stereocenters. The summed E-state index contributed by atoms with van der Waals surface area (Å²) in [5.74, 6) is 0.263. The van der Waals surface area contributed by atoms with Gasteiger partial charge in [0.15, 0.2) is 0 Å². The minimum absolute atomic E-state index is 0.0393. The Balaban J connectivity index is 2.29. The lowest BCUT2D eigenvalue weighted by Gasteiger charge is -2.12. The van der Waals surface area contributed by atoms with E-state index in [1.54, 1.807) is 45.4 Å². The molecule has 1 N–H and O–H groups in total. The molecule has 1 amide bonds. The van der Waals surface area contributed by atoms with Gasteiger partial charge in [0.2, 0.25) is 0 Å². The second-order valence-corrected chi connectivity index (χ2v) is 5.12. The van der Waals surface area contributed by atoms with Gasteiger partial charge in [-0.05, 0) is 31.2 Å². The Morgan fingerprint density at radius 3 is 2.62 bits per heavy atom. The number of amides is 1. The zero-order valence-electron chi connectivity index (χ0n) is 13.7. The second kappa shape index (κ2) is 7.56. The maximum atomic E-state index is 12.4. The molecule has 2 aromatic rings. The van der Waals surface area contributed by atoms with Crippen molar-refractivity contribution in [2.24, 2.45) is 0 Å². The molecular weight excluding hydrogens is 312 g/mol. The minimum atomic E-state index is -0.477. The molecule has 2 aromatic carbocycles. The van der Waals surface area contributed by atoms with Crippen LogP contribution in [-0.2, 0) is 11.3 Å². The highest BCUT2D eigenvalue weighted by Gasteiger charge is 2.16. The van der Waals surface area contributed by atoms with E-state index in [1.165, 1.54) is 12.1 Å². The largest absolute Gasteiger partial charge is 0.496 e. The molecule has 0 fully saturated rings. The first-order chi connectivity index (χ1) is 11.5. The Bertz CT molecular complexity index is 774. The maximum Gasteiger partial charge on any atom is 0.274 e. The molecule has 0 saturated carbocycles. The summed E-state index contributed by atoms with van der Waals surface area (Å²) in [7, 11) is 3.10. The molecule has 0 aromatic heterocycles. The van der Waals surface area contributed by atoms with Crippen LogP contribution < -0.4 is 10.1 Å². The van der Waals surface area contributed by atoms with Crippen LogP contribution in [0.25, 0.3) is 0 Å². The van der Waals surface area contributed by atoms with Crippen molar-refractivity contribution < 1.29 is 19.2 Å². The fourth-order valence-corrected chi connectivity index (χ4v) is 2.34. The molecule has 0 saturated heterocycles. The fraction of sp³-hybridized carbons (Fsp3) is 0.235. The van der Waals surface area contributed by atoms with Crippen LogP contribution in [0, 0.1) is 17.0 Å². The van der Waals surface area contributed by atoms with Crippen molar-refractivity contribution >= 4 is 17.3 Å². The van der Waals surface area contributed by atoms with E-state index in [-0.39, 0.29) is 11.6 Å². The first kappa shape index (κ1) is 17.4. The summed E-state index contributed by atoms with van der Waals surface area (Å²) >= 11 is 0. The number of carbonyl (C=O) groups excluding carboxylic acids is 1. The summed E-state index contributed by atoms with van der Waals surface area (Å²) < 4.78 is 10.3. The molecule has 0 heterocycles. The summed E-state index contributed by atoms with van der Waals surface area (Å²) in [4.78, 5) is 22.9. The van der Waals surface area contributed by atoms with Gasteiger partial charge in [0.25, 0.3) is 11.6 Å². The normalized spacial score (nSPS) is 10.3. The van der Waals surface area contributed by atoms with Crippen LogP contribution in [-0.4, -0.2) is 25.1 Å². The molecule has 24 heavy (non-hydrogen) atoms. The molecule has 126 valence electrons. The van der Waals surface area contributed by atoms with Crippen LogP contribution in [0.1, 0.15) is 21.5 Å². The van der Waals surface area contributed by atoms with Gasteiger partial charge >= 0.3 is 0 Å². The number of nitrogens with zero attached hydrogens (tertiary/aromatic N) is 1. The molecule has 7 heteroatoms. The molecular formula is C17H18N2O5. The summed E-state index contributed by atoms with van der Waals surface area (Å²) in [5.41, 5.74) is 1.92. The van der Waals surface area contributed by atoms with Crippen molar-refractivity contribution in [3.8, 4) is 5.75 Å². The van der Waals surface area contributed by atoms with Gasteiger partial charge in [-0.25, -0.2) is 0 Å². The van der Waals surface area contributed by atoms with E-state index < -0.39 is 4.92 Å². The SMILES string of the molecule is COCc1cc(C(=O)Nc2cccc([N+](=O)[O-])c2C)ccc1OC. The number of rotatable bonds is 6. The number of ether oxygens (including phenoxy) is 2. The number of methoxy groups -OCH3 is 2. The van der Waals surface area contributed by atoms with Crippen LogP contribution in [0.3, 0.4) is 0 Å². The third kappa shape index (κ3) is 3.69. The van der Waals surface area contributed by atoms with Gasteiger partial charge in [-0.1, -0.05) is 6.07 Å². The van der Waals surface area contributed by atoms with E-state index in [4.69, 9.17) is 9.47 Å². The van der Waals surface area contributed by atoms with Crippen LogP contribution in [0.2, 0.25) is 0 Å². The zero-order chi connectivity index (χ0) is 17.7. The Kier molecular flexibility index (Phi) is 5.49. The van der Waals surface area contributed by atoms with E-state index in [0.29, 0.717) is 29.2 Å². The number of nitro benzene ring substituents is 1. The molecule has 0 spiro atoms. The van der Waals surface area contributed by atoms with E-state index in [2.05, 4.69) is 5.32 Å². The van der Waals surface area contributed by atoms with Crippen LogP contribution in [0.15, 0.2) is 36.4 Å². The molecule has 0 aliphatic rings. The Hall–Kier alpha value is -2.93. The van der Waals surface area contributed by atoms with Crippen LogP contribution >= 0.6 is 0 Å². The van der Waals surface area contributed by atoms with Gasteiger partial charge in [-0.2, -0.15) is 0 Å². The maximum absolute atomic E-state index is 12.4. The highest BCUT2D eigenvalue weighted by Crippen LogP contribution is 2.26. The summed E-state index contributed by atoms with van der Waals surface area (Å²) in [6.07, 6.45) is 0. The third-order valence-electron chi connectivity index (χ3n) is 3.59. The predicted molar refractivity (Wildman–Crippen MR) is 89.5 cm³/mol. The van der Waals surface area contributed by atoms with E-state index in [0.717, 1.165) is 5.56 Å². The van der Waals surface area contributed by atoms with Gasteiger partial charge in [0.1, 0.15) is 5.75 Å². The molecule has 0 atom stereocenters. The number of nitro groups is 1.